The summed E-state index contributed by atoms with van der Waals surface area (Å²) < 4.78 is 18.4. The van der Waals surface area contributed by atoms with Gasteiger partial charge in [-0.05, 0) is 63.3 Å². The van der Waals surface area contributed by atoms with Crippen LogP contribution in [0.5, 0.6) is 11.5 Å². The van der Waals surface area contributed by atoms with Crippen LogP contribution < -0.4 is 20.9 Å². The van der Waals surface area contributed by atoms with E-state index < -0.39 is 16.6 Å². The summed E-state index contributed by atoms with van der Waals surface area (Å²) in [5.74, 6) is 1.71. The van der Waals surface area contributed by atoms with Crippen LogP contribution >= 0.6 is 0 Å². The van der Waals surface area contributed by atoms with E-state index in [0.29, 0.717) is 13.2 Å². The first-order valence-electron chi connectivity index (χ1n) is 10.3. The van der Waals surface area contributed by atoms with Crippen molar-refractivity contribution in [2.45, 2.75) is 50.4 Å². The molecule has 2 atom stereocenters. The molecule has 7 heteroatoms. The van der Waals surface area contributed by atoms with Crippen molar-refractivity contribution in [2.24, 2.45) is 11.5 Å². The van der Waals surface area contributed by atoms with Gasteiger partial charge in [0.2, 0.25) is 8.32 Å². The highest BCUT2D eigenvalue weighted by atomic mass is 28.4. The second-order valence-electron chi connectivity index (χ2n) is 8.51. The summed E-state index contributed by atoms with van der Waals surface area (Å²) in [4.78, 5) is 0. The van der Waals surface area contributed by atoms with Crippen molar-refractivity contribution in [2.75, 3.05) is 13.2 Å². The molecule has 0 saturated heterocycles. The molecule has 0 aromatic heterocycles. The van der Waals surface area contributed by atoms with Crippen LogP contribution in [-0.2, 0) is 4.12 Å². The van der Waals surface area contributed by atoms with Crippen LogP contribution in [0, 0.1) is 0 Å². The number of nitrogens with two attached hydrogens (primary N) is 2. The normalized spacial score (nSPS) is 15.9. The van der Waals surface area contributed by atoms with Crippen LogP contribution in [-0.4, -0.2) is 41.2 Å². The van der Waals surface area contributed by atoms with Crippen molar-refractivity contribution in [1.29, 1.82) is 0 Å². The first-order valence-corrected chi connectivity index (χ1v) is 16.2. The molecular weight excluding hydrogens is 396 g/mol. The van der Waals surface area contributed by atoms with E-state index in [1.54, 1.807) is 0 Å². The van der Waals surface area contributed by atoms with Crippen molar-refractivity contribution in [3.8, 4) is 11.5 Å². The predicted molar refractivity (Wildman–Crippen MR) is 125 cm³/mol. The minimum atomic E-state index is -2.41. The fourth-order valence-electron chi connectivity index (χ4n) is 3.30. The second kappa shape index (κ2) is 10.9. The van der Waals surface area contributed by atoms with Gasteiger partial charge < -0.3 is 25.1 Å². The number of benzene rings is 2. The monoisotopic (exact) mass is 432 g/mol. The molecule has 0 fully saturated rings. The van der Waals surface area contributed by atoms with Crippen LogP contribution in [0.1, 0.15) is 12.8 Å². The Hall–Kier alpha value is -1.65. The molecule has 2 aromatic rings. The summed E-state index contributed by atoms with van der Waals surface area (Å²) in [6.07, 6.45) is 1.44. The van der Waals surface area contributed by atoms with E-state index in [1.165, 1.54) is 0 Å². The van der Waals surface area contributed by atoms with Crippen molar-refractivity contribution >= 4 is 16.6 Å². The zero-order valence-electron chi connectivity index (χ0n) is 18.1. The van der Waals surface area contributed by atoms with Crippen LogP contribution in [0.4, 0.5) is 0 Å². The van der Waals surface area contributed by atoms with Gasteiger partial charge in [0.25, 0.3) is 0 Å². The van der Waals surface area contributed by atoms with E-state index in [-0.39, 0.29) is 11.3 Å². The Kier molecular flexibility index (Phi) is 8.91. The first-order chi connectivity index (χ1) is 13.7. The topological polar surface area (TPSA) is 79.7 Å². The Morgan fingerprint density at radius 1 is 0.690 bits per heavy atom. The van der Waals surface area contributed by atoms with Gasteiger partial charge in [-0.15, -0.1) is 0 Å². The van der Waals surface area contributed by atoms with Gasteiger partial charge >= 0.3 is 0 Å². The predicted octanol–water partition coefficient (Wildman–Crippen LogP) is 4.08. The molecule has 4 N–H and O–H groups in total. The van der Waals surface area contributed by atoms with Crippen LogP contribution in [0.3, 0.4) is 0 Å². The molecule has 5 nitrogen and oxygen atoms in total. The van der Waals surface area contributed by atoms with Gasteiger partial charge in [0.1, 0.15) is 11.5 Å². The maximum absolute atomic E-state index is 6.67. The summed E-state index contributed by atoms with van der Waals surface area (Å²) in [6.45, 7) is 9.85. The zero-order chi connectivity index (χ0) is 21.3. The molecule has 0 radical (unpaired) electrons. The molecule has 0 saturated carbocycles. The molecule has 0 aliphatic heterocycles. The molecule has 0 amide bonds. The van der Waals surface area contributed by atoms with Gasteiger partial charge in [-0.25, -0.2) is 0 Å². The molecule has 29 heavy (non-hydrogen) atoms. The zero-order valence-corrected chi connectivity index (χ0v) is 20.1. The number of rotatable bonds is 12. The maximum atomic E-state index is 6.67. The molecule has 160 valence electrons. The second-order valence-corrected chi connectivity index (χ2v) is 17.4. The van der Waals surface area contributed by atoms with Gasteiger partial charge in [0, 0.05) is 11.3 Å². The van der Waals surface area contributed by atoms with Crippen LogP contribution in [0.25, 0.3) is 0 Å². The average molecular weight is 433 g/mol. The quantitative estimate of drug-likeness (QED) is 0.494. The number of hydrogen-bond acceptors (Lipinski definition) is 5. The van der Waals surface area contributed by atoms with Gasteiger partial charge in [-0.3, -0.25) is 0 Å². The molecule has 0 aliphatic rings. The lowest BCUT2D eigenvalue weighted by Crippen LogP contribution is -2.67. The largest absolute Gasteiger partial charge is 0.494 e. The van der Waals surface area contributed by atoms with E-state index in [4.69, 9.17) is 25.1 Å². The Morgan fingerprint density at radius 3 is 1.41 bits per heavy atom. The summed E-state index contributed by atoms with van der Waals surface area (Å²) in [5, 5.41) is 0. The molecule has 2 unspecified atom stereocenters. The molecule has 2 rings (SSSR count). The smallest absolute Gasteiger partial charge is 0.210 e. The fraction of sp³-hybridized carbons (Fsp3) is 0.455. The van der Waals surface area contributed by atoms with Crippen molar-refractivity contribution in [3.05, 3.63) is 60.7 Å². The lowest BCUT2D eigenvalue weighted by Gasteiger charge is -2.42. The third-order valence-corrected chi connectivity index (χ3v) is 12.6. The molecule has 0 aliphatic carbocycles. The average Bonchev–Trinajstić information content (AvgIpc) is 2.68. The standard InChI is InChI=1S/C22H36N2O3Si2/c1-28(2,3)27-29(4,21(23)15-17-25-19-11-7-5-8-12-19)22(24)16-18-26-20-13-9-6-10-14-20/h5-14,21-22H,15-18,23-24H2,1-4H3. The van der Waals surface area contributed by atoms with Gasteiger partial charge in [-0.1, -0.05) is 36.4 Å². The molecule has 2 aromatic carbocycles. The summed E-state index contributed by atoms with van der Waals surface area (Å²) >= 11 is 0. The van der Waals surface area contributed by atoms with Crippen LogP contribution in [0.15, 0.2) is 60.7 Å². The number of ether oxygens (including phenoxy) is 2. The molecule has 0 spiro atoms. The Bertz CT molecular complexity index is 660. The fourth-order valence-corrected chi connectivity index (χ4v) is 11.7. The van der Waals surface area contributed by atoms with Gasteiger partial charge in [0.05, 0.1) is 13.2 Å². The summed E-state index contributed by atoms with van der Waals surface area (Å²) in [6, 6.07) is 19.6. The lowest BCUT2D eigenvalue weighted by atomic mass is 10.3. The van der Waals surface area contributed by atoms with E-state index in [2.05, 4.69) is 26.2 Å². The highest BCUT2D eigenvalue weighted by Gasteiger charge is 2.45. The third-order valence-electron chi connectivity index (χ3n) is 4.88. The Balaban J connectivity index is 1.95. The number of para-hydroxylation sites is 2. The number of hydrogen-bond donors (Lipinski definition) is 2. The highest BCUT2D eigenvalue weighted by Crippen LogP contribution is 2.24. The SMILES string of the molecule is C[Si](C)(C)O[Si](C)(C(N)CCOc1ccccc1)C(N)CCOc1ccccc1. The minimum absolute atomic E-state index is 0.107. The molecule has 0 bridgehead atoms. The van der Waals surface area contributed by atoms with Crippen molar-refractivity contribution in [1.82, 2.24) is 0 Å². The molecular formula is C22H36N2O3Si2. The van der Waals surface area contributed by atoms with Crippen molar-refractivity contribution < 1.29 is 13.6 Å². The van der Waals surface area contributed by atoms with E-state index in [9.17, 15) is 0 Å². The summed E-state index contributed by atoms with van der Waals surface area (Å²) in [5.41, 5.74) is 13.1. The van der Waals surface area contributed by atoms with Crippen molar-refractivity contribution in [3.63, 3.8) is 0 Å². The van der Waals surface area contributed by atoms with E-state index >= 15 is 0 Å². The lowest BCUT2D eigenvalue weighted by molar-refractivity contribution is 0.294. The van der Waals surface area contributed by atoms with Gasteiger partial charge in [-0.2, -0.15) is 0 Å². The summed E-state index contributed by atoms with van der Waals surface area (Å²) in [7, 11) is -4.22. The molecule has 0 heterocycles. The van der Waals surface area contributed by atoms with Gasteiger partial charge in [0.15, 0.2) is 8.32 Å². The van der Waals surface area contributed by atoms with E-state index in [1.807, 2.05) is 60.7 Å². The first kappa shape index (κ1) is 23.6. The van der Waals surface area contributed by atoms with E-state index in [0.717, 1.165) is 24.3 Å². The Morgan fingerprint density at radius 2 is 1.07 bits per heavy atom. The minimum Gasteiger partial charge on any atom is -0.494 e. The Labute approximate surface area is 177 Å². The third kappa shape index (κ3) is 7.95. The van der Waals surface area contributed by atoms with Crippen LogP contribution in [0.2, 0.25) is 26.2 Å². The highest BCUT2D eigenvalue weighted by molar-refractivity contribution is 6.86. The maximum Gasteiger partial charge on any atom is 0.210 e.